The molecule has 0 spiro atoms. The summed E-state index contributed by atoms with van der Waals surface area (Å²) in [6.07, 6.45) is 0. The van der Waals surface area contributed by atoms with Gasteiger partial charge in [-0.05, 0) is 36.4 Å². The van der Waals surface area contributed by atoms with Crippen LogP contribution >= 0.6 is 15.9 Å². The summed E-state index contributed by atoms with van der Waals surface area (Å²) in [6, 6.07) is 8.82. The minimum atomic E-state index is -0.471. The van der Waals surface area contributed by atoms with E-state index in [-0.39, 0.29) is 11.5 Å². The summed E-state index contributed by atoms with van der Waals surface area (Å²) in [5.41, 5.74) is 0.831. The van der Waals surface area contributed by atoms with Crippen molar-refractivity contribution < 1.29 is 13.5 Å². The number of hydrogen-bond donors (Lipinski definition) is 1. The van der Waals surface area contributed by atoms with Gasteiger partial charge in [-0.3, -0.25) is 0 Å². The van der Waals surface area contributed by atoms with E-state index in [4.69, 9.17) is 4.74 Å². The smallest absolute Gasteiger partial charge is 0.166 e. The second-order valence-electron chi connectivity index (χ2n) is 4.25. The van der Waals surface area contributed by atoms with Gasteiger partial charge in [0.1, 0.15) is 11.6 Å². The molecule has 0 saturated carbocycles. The van der Waals surface area contributed by atoms with Gasteiger partial charge in [-0.2, -0.15) is 0 Å². The molecule has 0 aliphatic rings. The van der Waals surface area contributed by atoms with Crippen LogP contribution in [0.4, 0.5) is 8.78 Å². The predicted molar refractivity (Wildman–Crippen MR) is 78.0 cm³/mol. The maximum absolute atomic E-state index is 13.9. The van der Waals surface area contributed by atoms with Crippen LogP contribution in [0.15, 0.2) is 40.9 Å². The lowest BCUT2D eigenvalue weighted by molar-refractivity contribution is 0.437. The Morgan fingerprint density at radius 1 is 1.15 bits per heavy atom. The summed E-state index contributed by atoms with van der Waals surface area (Å²) in [5.74, 6) is -0.600. The van der Waals surface area contributed by atoms with Gasteiger partial charge < -0.3 is 10.1 Å². The molecule has 0 amide bonds. The lowest BCUT2D eigenvalue weighted by Gasteiger charge is -2.09. The number of rotatable bonds is 5. The molecule has 0 aromatic heterocycles. The molecule has 0 saturated heterocycles. The SMILES string of the molecule is CCNCc1ccc(Oc2cc(F)cc(Br)c2)c(F)c1. The van der Waals surface area contributed by atoms with E-state index < -0.39 is 11.6 Å². The Kier molecular flexibility index (Phi) is 5.09. The van der Waals surface area contributed by atoms with Crippen molar-refractivity contribution in [2.24, 2.45) is 0 Å². The van der Waals surface area contributed by atoms with E-state index in [2.05, 4.69) is 21.2 Å². The maximum Gasteiger partial charge on any atom is 0.166 e. The zero-order valence-corrected chi connectivity index (χ0v) is 12.5. The molecule has 2 nitrogen and oxygen atoms in total. The number of nitrogens with one attached hydrogen (secondary N) is 1. The van der Waals surface area contributed by atoms with E-state index in [1.165, 1.54) is 18.2 Å². The summed E-state index contributed by atoms with van der Waals surface area (Å²) < 4.78 is 33.0. The van der Waals surface area contributed by atoms with Crippen molar-refractivity contribution in [2.45, 2.75) is 13.5 Å². The highest BCUT2D eigenvalue weighted by Crippen LogP contribution is 2.28. The van der Waals surface area contributed by atoms with Gasteiger partial charge in [-0.15, -0.1) is 0 Å². The molecule has 0 aliphatic heterocycles. The number of halogens is 3. The van der Waals surface area contributed by atoms with Crippen molar-refractivity contribution in [1.29, 1.82) is 0 Å². The minimum Gasteiger partial charge on any atom is -0.454 e. The van der Waals surface area contributed by atoms with Gasteiger partial charge in [-0.25, -0.2) is 8.78 Å². The van der Waals surface area contributed by atoms with Crippen LogP contribution in [0.5, 0.6) is 11.5 Å². The third-order valence-corrected chi connectivity index (χ3v) is 3.10. The molecule has 0 bridgehead atoms. The van der Waals surface area contributed by atoms with Gasteiger partial charge in [0.2, 0.25) is 0 Å². The summed E-state index contributed by atoms with van der Waals surface area (Å²) in [7, 11) is 0. The highest BCUT2D eigenvalue weighted by atomic mass is 79.9. The minimum absolute atomic E-state index is 0.0720. The molecular weight excluding hydrogens is 328 g/mol. The zero-order chi connectivity index (χ0) is 14.5. The van der Waals surface area contributed by atoms with E-state index in [1.54, 1.807) is 18.2 Å². The quantitative estimate of drug-likeness (QED) is 0.856. The molecular formula is C15H14BrF2NO. The van der Waals surface area contributed by atoms with Gasteiger partial charge in [0.15, 0.2) is 11.6 Å². The molecule has 1 N–H and O–H groups in total. The van der Waals surface area contributed by atoms with Crippen LogP contribution in [0, 0.1) is 11.6 Å². The zero-order valence-electron chi connectivity index (χ0n) is 10.9. The third kappa shape index (κ3) is 4.02. The van der Waals surface area contributed by atoms with E-state index >= 15 is 0 Å². The van der Waals surface area contributed by atoms with E-state index in [9.17, 15) is 8.78 Å². The van der Waals surface area contributed by atoms with E-state index in [1.807, 2.05) is 6.92 Å². The Bertz CT molecular complexity index is 584. The van der Waals surface area contributed by atoms with Crippen LogP contribution in [-0.2, 0) is 6.54 Å². The highest BCUT2D eigenvalue weighted by Gasteiger charge is 2.07. The van der Waals surface area contributed by atoms with Crippen LogP contribution in [0.25, 0.3) is 0 Å². The first kappa shape index (κ1) is 14.9. The molecule has 20 heavy (non-hydrogen) atoms. The fraction of sp³-hybridized carbons (Fsp3) is 0.200. The largest absolute Gasteiger partial charge is 0.454 e. The van der Waals surface area contributed by atoms with Gasteiger partial charge in [0.25, 0.3) is 0 Å². The average molecular weight is 342 g/mol. The third-order valence-electron chi connectivity index (χ3n) is 2.64. The van der Waals surface area contributed by atoms with Crippen LogP contribution in [0.3, 0.4) is 0 Å². The maximum atomic E-state index is 13.9. The topological polar surface area (TPSA) is 21.3 Å². The summed E-state index contributed by atoms with van der Waals surface area (Å²) in [5, 5.41) is 3.11. The Morgan fingerprint density at radius 3 is 2.60 bits per heavy atom. The molecule has 2 aromatic carbocycles. The Hall–Kier alpha value is -1.46. The van der Waals surface area contributed by atoms with Crippen molar-refractivity contribution >= 4 is 15.9 Å². The Morgan fingerprint density at radius 2 is 1.95 bits per heavy atom. The Balaban J connectivity index is 2.16. The van der Waals surface area contributed by atoms with E-state index in [0.29, 0.717) is 11.0 Å². The first-order valence-electron chi connectivity index (χ1n) is 6.21. The fourth-order valence-electron chi connectivity index (χ4n) is 1.72. The highest BCUT2D eigenvalue weighted by molar-refractivity contribution is 9.10. The van der Waals surface area contributed by atoms with Crippen LogP contribution in [0.1, 0.15) is 12.5 Å². The lowest BCUT2D eigenvalue weighted by atomic mass is 10.2. The summed E-state index contributed by atoms with van der Waals surface area (Å²) in [4.78, 5) is 0. The predicted octanol–water partition coefficient (Wildman–Crippen LogP) is 4.63. The van der Waals surface area contributed by atoms with Crippen molar-refractivity contribution in [3.63, 3.8) is 0 Å². The number of hydrogen-bond acceptors (Lipinski definition) is 2. The van der Waals surface area contributed by atoms with Crippen molar-refractivity contribution in [3.8, 4) is 11.5 Å². The molecule has 0 atom stereocenters. The van der Waals surface area contributed by atoms with Gasteiger partial charge in [0.05, 0.1) is 0 Å². The first-order chi connectivity index (χ1) is 9.58. The molecule has 5 heteroatoms. The number of ether oxygens (including phenoxy) is 1. The fourth-order valence-corrected chi connectivity index (χ4v) is 2.17. The number of benzene rings is 2. The molecule has 0 radical (unpaired) electrons. The molecule has 0 unspecified atom stereocenters. The Labute approximate surface area is 124 Å². The molecule has 2 aromatic rings. The van der Waals surface area contributed by atoms with E-state index in [0.717, 1.165) is 12.1 Å². The second kappa shape index (κ2) is 6.81. The molecule has 2 rings (SSSR count). The average Bonchev–Trinajstić information content (AvgIpc) is 2.38. The van der Waals surface area contributed by atoms with Crippen molar-refractivity contribution in [3.05, 3.63) is 58.1 Å². The second-order valence-corrected chi connectivity index (χ2v) is 5.17. The van der Waals surface area contributed by atoms with Crippen LogP contribution < -0.4 is 10.1 Å². The summed E-state index contributed by atoms with van der Waals surface area (Å²) in [6.45, 7) is 3.39. The van der Waals surface area contributed by atoms with Crippen molar-refractivity contribution in [2.75, 3.05) is 6.54 Å². The molecule has 0 fully saturated rings. The van der Waals surface area contributed by atoms with Gasteiger partial charge in [-0.1, -0.05) is 28.9 Å². The van der Waals surface area contributed by atoms with Crippen LogP contribution in [-0.4, -0.2) is 6.54 Å². The molecule has 0 aliphatic carbocycles. The van der Waals surface area contributed by atoms with Crippen molar-refractivity contribution in [1.82, 2.24) is 5.32 Å². The molecule has 0 heterocycles. The van der Waals surface area contributed by atoms with Crippen LogP contribution in [0.2, 0.25) is 0 Å². The summed E-state index contributed by atoms with van der Waals surface area (Å²) >= 11 is 3.16. The lowest BCUT2D eigenvalue weighted by Crippen LogP contribution is -2.11. The first-order valence-corrected chi connectivity index (χ1v) is 7.01. The monoisotopic (exact) mass is 341 g/mol. The standard InChI is InChI=1S/C15H14BrF2NO/c1-2-19-9-10-3-4-15(14(18)5-10)20-13-7-11(16)6-12(17)8-13/h3-8,19H,2,9H2,1H3. The van der Waals surface area contributed by atoms with Gasteiger partial charge in [0, 0.05) is 17.1 Å². The normalized spacial score (nSPS) is 10.6. The molecule has 106 valence electrons. The van der Waals surface area contributed by atoms with Gasteiger partial charge >= 0.3 is 0 Å².